The molecule has 1 fully saturated rings. The zero-order chi connectivity index (χ0) is 10.3. The molecule has 1 aliphatic carbocycles. The van der Waals surface area contributed by atoms with Gasteiger partial charge >= 0.3 is 0 Å². The SMILES string of the molecule is Cc1c(F)cc(C2(CN)CC2)cc1Cl. The Morgan fingerprint density at radius 3 is 2.57 bits per heavy atom. The Labute approximate surface area is 88.1 Å². The molecule has 0 aromatic heterocycles. The number of hydrogen-bond acceptors (Lipinski definition) is 1. The topological polar surface area (TPSA) is 26.0 Å². The Morgan fingerprint density at radius 2 is 2.14 bits per heavy atom. The Hall–Kier alpha value is -0.600. The van der Waals surface area contributed by atoms with Crippen molar-refractivity contribution in [2.75, 3.05) is 6.54 Å². The number of rotatable bonds is 2. The molecule has 0 saturated heterocycles. The summed E-state index contributed by atoms with van der Waals surface area (Å²) in [5, 5.41) is 0.500. The van der Waals surface area contributed by atoms with Crippen molar-refractivity contribution in [2.45, 2.75) is 25.2 Å². The lowest BCUT2D eigenvalue weighted by Crippen LogP contribution is -2.20. The summed E-state index contributed by atoms with van der Waals surface area (Å²) >= 11 is 5.93. The average molecular weight is 214 g/mol. The van der Waals surface area contributed by atoms with Crippen LogP contribution in [0.5, 0.6) is 0 Å². The first-order chi connectivity index (χ1) is 6.59. The lowest BCUT2D eigenvalue weighted by atomic mass is 9.95. The van der Waals surface area contributed by atoms with Crippen LogP contribution in [0.15, 0.2) is 12.1 Å². The molecule has 3 heteroatoms. The number of hydrogen-bond donors (Lipinski definition) is 1. The van der Waals surface area contributed by atoms with Crippen LogP contribution in [-0.4, -0.2) is 6.54 Å². The first-order valence-corrected chi connectivity index (χ1v) is 5.13. The van der Waals surface area contributed by atoms with E-state index in [9.17, 15) is 4.39 Å². The Balaban J connectivity index is 2.46. The van der Waals surface area contributed by atoms with Gasteiger partial charge in [0.1, 0.15) is 5.82 Å². The standard InChI is InChI=1S/C11H13ClFN/c1-7-9(12)4-8(5-10(7)13)11(6-14)2-3-11/h4-5H,2-3,6,14H2,1H3. The molecule has 0 spiro atoms. The Morgan fingerprint density at radius 1 is 1.50 bits per heavy atom. The van der Waals surface area contributed by atoms with E-state index in [1.165, 1.54) is 0 Å². The quantitative estimate of drug-likeness (QED) is 0.804. The zero-order valence-corrected chi connectivity index (χ0v) is 8.87. The van der Waals surface area contributed by atoms with Gasteiger partial charge in [0.15, 0.2) is 0 Å². The van der Waals surface area contributed by atoms with Gasteiger partial charge in [-0.2, -0.15) is 0 Å². The molecule has 1 nitrogen and oxygen atoms in total. The van der Waals surface area contributed by atoms with Crippen molar-refractivity contribution >= 4 is 11.6 Å². The maximum absolute atomic E-state index is 13.4. The summed E-state index contributed by atoms with van der Waals surface area (Å²) in [7, 11) is 0. The molecule has 0 amide bonds. The first-order valence-electron chi connectivity index (χ1n) is 4.75. The highest BCUT2D eigenvalue weighted by atomic mass is 35.5. The molecule has 0 bridgehead atoms. The van der Waals surface area contributed by atoms with Gasteiger partial charge < -0.3 is 5.73 Å². The summed E-state index contributed by atoms with van der Waals surface area (Å²) in [4.78, 5) is 0. The van der Waals surface area contributed by atoms with Crippen LogP contribution < -0.4 is 5.73 Å². The fourth-order valence-corrected chi connectivity index (χ4v) is 1.92. The van der Waals surface area contributed by atoms with Gasteiger partial charge in [-0.25, -0.2) is 4.39 Å². The maximum atomic E-state index is 13.4. The molecule has 0 unspecified atom stereocenters. The summed E-state index contributed by atoms with van der Waals surface area (Å²) in [6.45, 7) is 2.26. The predicted octanol–water partition coefficient (Wildman–Crippen LogP) is 2.78. The van der Waals surface area contributed by atoms with Crippen molar-refractivity contribution < 1.29 is 4.39 Å². The van der Waals surface area contributed by atoms with Crippen LogP contribution >= 0.6 is 11.6 Å². The molecule has 2 N–H and O–H groups in total. The van der Waals surface area contributed by atoms with Crippen molar-refractivity contribution in [3.8, 4) is 0 Å². The number of nitrogens with two attached hydrogens (primary N) is 1. The van der Waals surface area contributed by atoms with Crippen molar-refractivity contribution in [1.82, 2.24) is 0 Å². The van der Waals surface area contributed by atoms with Crippen LogP contribution in [-0.2, 0) is 5.41 Å². The highest BCUT2D eigenvalue weighted by Crippen LogP contribution is 2.48. The Bertz CT molecular complexity index is 349. The zero-order valence-electron chi connectivity index (χ0n) is 8.11. The average Bonchev–Trinajstić information content (AvgIpc) is 2.94. The second-order valence-corrected chi connectivity index (χ2v) is 4.46. The van der Waals surface area contributed by atoms with E-state index >= 15 is 0 Å². The minimum Gasteiger partial charge on any atom is -0.330 e. The predicted molar refractivity (Wildman–Crippen MR) is 56.1 cm³/mol. The van der Waals surface area contributed by atoms with Gasteiger partial charge in [0.25, 0.3) is 0 Å². The van der Waals surface area contributed by atoms with Gasteiger partial charge in [-0.05, 0) is 37.5 Å². The van der Waals surface area contributed by atoms with Gasteiger partial charge in [0.05, 0.1) is 0 Å². The molecule has 76 valence electrons. The second kappa shape index (κ2) is 3.21. The second-order valence-electron chi connectivity index (χ2n) is 4.05. The molecule has 1 aliphatic rings. The lowest BCUT2D eigenvalue weighted by molar-refractivity contribution is 0.608. The van der Waals surface area contributed by atoms with E-state index in [0.29, 0.717) is 17.1 Å². The molecule has 1 saturated carbocycles. The van der Waals surface area contributed by atoms with Crippen molar-refractivity contribution in [3.05, 3.63) is 34.1 Å². The summed E-state index contributed by atoms with van der Waals surface area (Å²) in [6, 6.07) is 3.42. The van der Waals surface area contributed by atoms with E-state index in [1.807, 2.05) is 6.07 Å². The number of benzene rings is 1. The summed E-state index contributed by atoms with van der Waals surface area (Å²) in [5.74, 6) is -0.229. The smallest absolute Gasteiger partial charge is 0.127 e. The maximum Gasteiger partial charge on any atom is 0.127 e. The van der Waals surface area contributed by atoms with Crippen molar-refractivity contribution in [2.24, 2.45) is 5.73 Å². The molecule has 2 rings (SSSR count). The van der Waals surface area contributed by atoms with Gasteiger partial charge in [0, 0.05) is 22.5 Å². The largest absolute Gasteiger partial charge is 0.330 e. The van der Waals surface area contributed by atoms with Crippen molar-refractivity contribution in [3.63, 3.8) is 0 Å². The van der Waals surface area contributed by atoms with Gasteiger partial charge in [0.2, 0.25) is 0 Å². The van der Waals surface area contributed by atoms with E-state index in [-0.39, 0.29) is 11.2 Å². The molecule has 0 atom stereocenters. The van der Waals surface area contributed by atoms with Crippen LogP contribution in [0.3, 0.4) is 0 Å². The van der Waals surface area contributed by atoms with Crippen LogP contribution in [0.4, 0.5) is 4.39 Å². The normalized spacial score (nSPS) is 18.3. The molecule has 0 aliphatic heterocycles. The summed E-state index contributed by atoms with van der Waals surface area (Å²) in [6.07, 6.45) is 2.09. The third-order valence-electron chi connectivity index (χ3n) is 3.14. The summed E-state index contributed by atoms with van der Waals surface area (Å²) < 4.78 is 13.4. The van der Waals surface area contributed by atoms with E-state index in [4.69, 9.17) is 17.3 Å². The molecule has 0 heterocycles. The highest BCUT2D eigenvalue weighted by Gasteiger charge is 2.43. The van der Waals surface area contributed by atoms with E-state index in [2.05, 4.69) is 0 Å². The summed E-state index contributed by atoms with van der Waals surface area (Å²) in [5.41, 5.74) is 7.15. The molecule has 0 radical (unpaired) electrons. The van der Waals surface area contributed by atoms with Gasteiger partial charge in [-0.1, -0.05) is 11.6 Å². The fraction of sp³-hybridized carbons (Fsp3) is 0.455. The van der Waals surface area contributed by atoms with Crippen LogP contribution in [0.25, 0.3) is 0 Å². The molecule has 1 aromatic rings. The highest BCUT2D eigenvalue weighted by molar-refractivity contribution is 6.31. The van der Waals surface area contributed by atoms with Crippen LogP contribution in [0.1, 0.15) is 24.0 Å². The minimum atomic E-state index is -0.229. The minimum absolute atomic E-state index is 0.0121. The Kier molecular flexibility index (Phi) is 2.28. The van der Waals surface area contributed by atoms with Crippen LogP contribution in [0, 0.1) is 12.7 Å². The van der Waals surface area contributed by atoms with E-state index in [1.54, 1.807) is 13.0 Å². The van der Waals surface area contributed by atoms with Gasteiger partial charge in [-0.15, -0.1) is 0 Å². The third-order valence-corrected chi connectivity index (χ3v) is 3.53. The first kappa shape index (κ1) is 9.94. The van der Waals surface area contributed by atoms with Crippen LogP contribution in [0.2, 0.25) is 5.02 Å². The molecular formula is C11H13ClFN. The van der Waals surface area contributed by atoms with Gasteiger partial charge in [-0.3, -0.25) is 0 Å². The molecule has 14 heavy (non-hydrogen) atoms. The number of halogens is 2. The fourth-order valence-electron chi connectivity index (χ4n) is 1.71. The van der Waals surface area contributed by atoms with E-state index in [0.717, 1.165) is 18.4 Å². The third kappa shape index (κ3) is 1.43. The van der Waals surface area contributed by atoms with E-state index < -0.39 is 0 Å². The molecular weight excluding hydrogens is 201 g/mol. The lowest BCUT2D eigenvalue weighted by Gasteiger charge is -2.14. The molecule has 1 aromatic carbocycles. The monoisotopic (exact) mass is 213 g/mol. The van der Waals surface area contributed by atoms with Crippen molar-refractivity contribution in [1.29, 1.82) is 0 Å².